The Morgan fingerprint density at radius 1 is 1.00 bits per heavy atom. The zero-order chi connectivity index (χ0) is 21.3. The summed E-state index contributed by atoms with van der Waals surface area (Å²) in [5, 5.41) is 5.34. The van der Waals surface area contributed by atoms with E-state index in [-0.39, 0.29) is 0 Å². The minimum Gasteiger partial charge on any atom is -0.372 e. The fraction of sp³-hybridized carbons (Fsp3) is 0.250. The maximum atomic E-state index is 6.11. The highest BCUT2D eigenvalue weighted by molar-refractivity contribution is 7.19. The van der Waals surface area contributed by atoms with E-state index in [0.29, 0.717) is 0 Å². The summed E-state index contributed by atoms with van der Waals surface area (Å²) in [6.45, 7) is 10.6. The fourth-order valence-electron chi connectivity index (χ4n) is 3.80. The third kappa shape index (κ3) is 3.87. The molecule has 0 saturated heterocycles. The maximum absolute atomic E-state index is 6.11. The van der Waals surface area contributed by atoms with Crippen molar-refractivity contribution in [2.75, 3.05) is 23.3 Å². The second kappa shape index (κ2) is 8.62. The van der Waals surface area contributed by atoms with E-state index in [2.05, 4.69) is 78.2 Å². The first-order valence-corrected chi connectivity index (χ1v) is 11.3. The van der Waals surface area contributed by atoms with Crippen LogP contribution in [0, 0.1) is 13.8 Å². The van der Waals surface area contributed by atoms with Crippen LogP contribution >= 0.6 is 22.9 Å². The number of hydrogen-bond donors (Lipinski definition) is 1. The Hall–Kier alpha value is -2.63. The molecule has 0 fully saturated rings. The largest absolute Gasteiger partial charge is 0.372 e. The standard InChI is InChI=1S/C24H25ClN4S/c1-5-29(6-2)19-11-12-20(15(3)13-19)28-23-22-21(17-7-9-18(25)10-8-17)16(4)30-24(22)27-14-26-23/h7-14H,5-6H2,1-4H3,(H,26,27,28). The van der Waals surface area contributed by atoms with Crippen LogP contribution in [0.25, 0.3) is 21.3 Å². The molecule has 0 spiro atoms. The Kier molecular flexibility index (Phi) is 5.93. The summed E-state index contributed by atoms with van der Waals surface area (Å²) in [6.07, 6.45) is 1.63. The zero-order valence-electron chi connectivity index (χ0n) is 17.7. The summed E-state index contributed by atoms with van der Waals surface area (Å²) in [6, 6.07) is 14.5. The smallest absolute Gasteiger partial charge is 0.143 e. The van der Waals surface area contributed by atoms with E-state index < -0.39 is 0 Å². The van der Waals surface area contributed by atoms with E-state index in [9.17, 15) is 0 Å². The first kappa shape index (κ1) is 20.6. The molecule has 1 N–H and O–H groups in total. The molecule has 0 aliphatic rings. The van der Waals surface area contributed by atoms with Gasteiger partial charge in [0.1, 0.15) is 17.0 Å². The van der Waals surface area contributed by atoms with Crippen molar-refractivity contribution < 1.29 is 0 Å². The van der Waals surface area contributed by atoms with Crippen LogP contribution in [-0.2, 0) is 0 Å². The number of fused-ring (bicyclic) bond motifs is 1. The van der Waals surface area contributed by atoms with E-state index in [0.717, 1.165) is 51.0 Å². The molecule has 0 aliphatic heterocycles. The van der Waals surface area contributed by atoms with Gasteiger partial charge in [-0.25, -0.2) is 9.97 Å². The predicted molar refractivity (Wildman–Crippen MR) is 131 cm³/mol. The van der Waals surface area contributed by atoms with E-state index >= 15 is 0 Å². The van der Waals surface area contributed by atoms with Crippen molar-refractivity contribution in [1.82, 2.24) is 9.97 Å². The van der Waals surface area contributed by atoms with Crippen LogP contribution in [0.4, 0.5) is 17.2 Å². The summed E-state index contributed by atoms with van der Waals surface area (Å²) in [5.74, 6) is 0.827. The Morgan fingerprint density at radius 2 is 1.73 bits per heavy atom. The quantitative estimate of drug-likeness (QED) is 0.346. The summed E-state index contributed by atoms with van der Waals surface area (Å²) in [5.41, 5.74) is 5.76. The molecule has 4 aromatic rings. The van der Waals surface area contributed by atoms with Gasteiger partial charge in [0, 0.05) is 39.9 Å². The molecule has 6 heteroatoms. The molecule has 4 rings (SSSR count). The number of aryl methyl sites for hydroxylation is 2. The molecular weight excluding hydrogens is 412 g/mol. The van der Waals surface area contributed by atoms with Crippen molar-refractivity contribution in [3.05, 3.63) is 64.3 Å². The highest BCUT2D eigenvalue weighted by atomic mass is 35.5. The molecule has 154 valence electrons. The van der Waals surface area contributed by atoms with Crippen LogP contribution in [0.2, 0.25) is 5.02 Å². The number of hydrogen-bond acceptors (Lipinski definition) is 5. The van der Waals surface area contributed by atoms with E-state index in [1.165, 1.54) is 16.1 Å². The lowest BCUT2D eigenvalue weighted by Crippen LogP contribution is -2.21. The lowest BCUT2D eigenvalue weighted by atomic mass is 10.0. The number of nitrogens with zero attached hydrogens (tertiary/aromatic N) is 3. The van der Waals surface area contributed by atoms with Gasteiger partial charge in [0.25, 0.3) is 0 Å². The molecule has 0 radical (unpaired) electrons. The lowest BCUT2D eigenvalue weighted by molar-refractivity contribution is 0.866. The number of anilines is 3. The fourth-order valence-corrected chi connectivity index (χ4v) is 4.94. The Bertz CT molecular complexity index is 1180. The highest BCUT2D eigenvalue weighted by Crippen LogP contribution is 2.41. The van der Waals surface area contributed by atoms with Crippen LogP contribution < -0.4 is 10.2 Å². The van der Waals surface area contributed by atoms with Crippen LogP contribution in [0.15, 0.2) is 48.8 Å². The van der Waals surface area contributed by atoms with Gasteiger partial charge in [-0.05, 0) is 69.2 Å². The minimum atomic E-state index is 0.731. The van der Waals surface area contributed by atoms with Gasteiger partial charge in [-0.2, -0.15) is 0 Å². The van der Waals surface area contributed by atoms with Gasteiger partial charge in [0.05, 0.1) is 5.39 Å². The summed E-state index contributed by atoms with van der Waals surface area (Å²) in [7, 11) is 0. The van der Waals surface area contributed by atoms with E-state index in [1.807, 2.05) is 12.1 Å². The molecule has 0 bridgehead atoms. The zero-order valence-corrected chi connectivity index (χ0v) is 19.2. The predicted octanol–water partition coefficient (Wildman–Crippen LogP) is 7.22. The number of benzene rings is 2. The van der Waals surface area contributed by atoms with E-state index in [4.69, 9.17) is 11.6 Å². The minimum absolute atomic E-state index is 0.731. The average Bonchev–Trinajstić information content (AvgIpc) is 3.08. The maximum Gasteiger partial charge on any atom is 0.143 e. The molecule has 2 aromatic carbocycles. The van der Waals surface area contributed by atoms with Gasteiger partial charge < -0.3 is 10.2 Å². The third-order valence-corrected chi connectivity index (χ3v) is 6.65. The molecule has 4 nitrogen and oxygen atoms in total. The van der Waals surface area contributed by atoms with Crippen LogP contribution in [0.3, 0.4) is 0 Å². The van der Waals surface area contributed by atoms with Crippen LogP contribution in [-0.4, -0.2) is 23.1 Å². The number of rotatable bonds is 6. The van der Waals surface area contributed by atoms with Crippen molar-refractivity contribution in [3.8, 4) is 11.1 Å². The normalized spacial score (nSPS) is 11.1. The lowest BCUT2D eigenvalue weighted by Gasteiger charge is -2.22. The molecular formula is C24H25ClN4S. The molecule has 0 atom stereocenters. The van der Waals surface area contributed by atoms with Crippen LogP contribution in [0.5, 0.6) is 0 Å². The van der Waals surface area contributed by atoms with E-state index in [1.54, 1.807) is 17.7 Å². The summed E-state index contributed by atoms with van der Waals surface area (Å²) < 4.78 is 0. The summed E-state index contributed by atoms with van der Waals surface area (Å²) >= 11 is 7.79. The molecule has 2 aromatic heterocycles. The van der Waals surface area contributed by atoms with Crippen molar-refractivity contribution >= 4 is 50.3 Å². The van der Waals surface area contributed by atoms with Gasteiger partial charge >= 0.3 is 0 Å². The first-order valence-electron chi connectivity index (χ1n) is 10.1. The number of nitrogens with one attached hydrogen (secondary N) is 1. The Morgan fingerprint density at radius 3 is 2.40 bits per heavy atom. The molecule has 2 heterocycles. The van der Waals surface area contributed by atoms with Crippen LogP contribution in [0.1, 0.15) is 24.3 Å². The van der Waals surface area contributed by atoms with Gasteiger partial charge in [-0.3, -0.25) is 0 Å². The summed E-state index contributed by atoms with van der Waals surface area (Å²) in [4.78, 5) is 13.7. The number of halogens is 1. The highest BCUT2D eigenvalue weighted by Gasteiger charge is 2.17. The van der Waals surface area contributed by atoms with Gasteiger partial charge in [-0.15, -0.1) is 11.3 Å². The van der Waals surface area contributed by atoms with Gasteiger partial charge in [0.2, 0.25) is 0 Å². The molecule has 0 unspecified atom stereocenters. The number of thiophene rings is 1. The van der Waals surface area contributed by atoms with Crippen molar-refractivity contribution in [2.45, 2.75) is 27.7 Å². The second-order valence-corrected chi connectivity index (χ2v) is 8.88. The molecule has 0 saturated carbocycles. The van der Waals surface area contributed by atoms with Crippen molar-refractivity contribution in [3.63, 3.8) is 0 Å². The molecule has 30 heavy (non-hydrogen) atoms. The Labute approximate surface area is 186 Å². The molecule has 0 aliphatic carbocycles. The average molecular weight is 437 g/mol. The second-order valence-electron chi connectivity index (χ2n) is 7.24. The van der Waals surface area contributed by atoms with Gasteiger partial charge in [0.15, 0.2) is 0 Å². The third-order valence-electron chi connectivity index (χ3n) is 5.39. The molecule has 0 amide bonds. The monoisotopic (exact) mass is 436 g/mol. The topological polar surface area (TPSA) is 41.0 Å². The van der Waals surface area contributed by atoms with Gasteiger partial charge in [-0.1, -0.05) is 23.7 Å². The first-order chi connectivity index (χ1) is 14.5. The SMILES string of the molecule is CCN(CC)c1ccc(Nc2ncnc3sc(C)c(-c4ccc(Cl)cc4)c23)c(C)c1. The van der Waals surface area contributed by atoms with Crippen molar-refractivity contribution in [1.29, 1.82) is 0 Å². The number of aromatic nitrogens is 2. The Balaban J connectivity index is 1.78. The van der Waals surface area contributed by atoms with Crippen molar-refractivity contribution in [2.24, 2.45) is 0 Å².